The Morgan fingerprint density at radius 2 is 1.78 bits per heavy atom. The van der Waals surface area contributed by atoms with Gasteiger partial charge in [-0.1, -0.05) is 57.0 Å². The molecule has 0 spiro atoms. The van der Waals surface area contributed by atoms with Crippen LogP contribution in [-0.2, 0) is 0 Å². The van der Waals surface area contributed by atoms with Crippen molar-refractivity contribution in [2.75, 3.05) is 0 Å². The van der Waals surface area contributed by atoms with Crippen molar-refractivity contribution in [1.82, 2.24) is 4.98 Å². The minimum absolute atomic E-state index is 0.182. The lowest BCUT2D eigenvalue weighted by atomic mass is 9.75. The smallest absolute Gasteiger partial charge is 0.123 e. The Kier molecular flexibility index (Phi) is 5.24. The maximum absolute atomic E-state index is 13.6. The summed E-state index contributed by atoms with van der Waals surface area (Å²) in [5.74, 6) is 0.899. The van der Waals surface area contributed by atoms with Crippen LogP contribution >= 0.6 is 0 Å². The number of nitrogens with zero attached hydrogens (tertiary/aromatic N) is 1. The van der Waals surface area contributed by atoms with Crippen LogP contribution in [0.5, 0.6) is 0 Å². The molecular formula is C25H28FN. The number of fused-ring (bicyclic) bond motifs is 1. The number of para-hydroxylation sites is 1. The van der Waals surface area contributed by atoms with Gasteiger partial charge in [0.15, 0.2) is 0 Å². The number of pyridine rings is 1. The lowest BCUT2D eigenvalue weighted by Gasteiger charge is -2.32. The lowest BCUT2D eigenvalue weighted by molar-refractivity contribution is 0.405. The van der Waals surface area contributed by atoms with Crippen LogP contribution in [0.1, 0.15) is 75.5 Å². The molecule has 0 aliphatic heterocycles. The lowest BCUT2D eigenvalue weighted by Crippen LogP contribution is -2.16. The van der Waals surface area contributed by atoms with Crippen LogP contribution in [-0.4, -0.2) is 4.98 Å². The molecule has 1 aromatic heterocycles. The van der Waals surface area contributed by atoms with E-state index >= 15 is 0 Å². The van der Waals surface area contributed by atoms with Gasteiger partial charge in [-0.2, -0.15) is 0 Å². The zero-order valence-corrected chi connectivity index (χ0v) is 16.3. The van der Waals surface area contributed by atoms with Crippen molar-refractivity contribution in [3.8, 4) is 11.1 Å². The number of hydrogen-bond donors (Lipinski definition) is 0. The zero-order chi connectivity index (χ0) is 18.8. The van der Waals surface area contributed by atoms with E-state index in [2.05, 4.69) is 38.1 Å². The van der Waals surface area contributed by atoms with E-state index in [9.17, 15) is 4.39 Å². The van der Waals surface area contributed by atoms with Gasteiger partial charge in [0.25, 0.3) is 0 Å². The molecule has 140 valence electrons. The molecule has 0 N–H and O–H groups in total. The fraction of sp³-hybridized carbons (Fsp3) is 0.400. The van der Waals surface area contributed by atoms with Gasteiger partial charge in [-0.05, 0) is 66.5 Å². The van der Waals surface area contributed by atoms with E-state index in [1.807, 2.05) is 12.1 Å². The summed E-state index contributed by atoms with van der Waals surface area (Å²) in [7, 11) is 0. The van der Waals surface area contributed by atoms with E-state index in [0.717, 1.165) is 23.9 Å². The fourth-order valence-corrected chi connectivity index (χ4v) is 4.48. The van der Waals surface area contributed by atoms with Gasteiger partial charge < -0.3 is 0 Å². The van der Waals surface area contributed by atoms with Gasteiger partial charge in [-0.3, -0.25) is 4.98 Å². The number of hydrogen-bond acceptors (Lipinski definition) is 1. The molecule has 1 fully saturated rings. The van der Waals surface area contributed by atoms with E-state index in [4.69, 9.17) is 4.98 Å². The summed E-state index contributed by atoms with van der Waals surface area (Å²) in [4.78, 5) is 5.18. The first-order chi connectivity index (χ1) is 13.2. The van der Waals surface area contributed by atoms with Crippen molar-refractivity contribution in [3.05, 3.63) is 65.6 Å². The number of benzene rings is 2. The van der Waals surface area contributed by atoms with E-state index in [1.165, 1.54) is 47.9 Å². The largest absolute Gasteiger partial charge is 0.252 e. The average molecular weight is 362 g/mol. The molecule has 1 saturated carbocycles. The molecule has 2 aromatic carbocycles. The highest BCUT2D eigenvalue weighted by molar-refractivity contribution is 5.97. The van der Waals surface area contributed by atoms with Gasteiger partial charge in [0.2, 0.25) is 0 Å². The van der Waals surface area contributed by atoms with Crippen molar-refractivity contribution < 1.29 is 4.39 Å². The highest BCUT2D eigenvalue weighted by Crippen LogP contribution is 2.46. The van der Waals surface area contributed by atoms with Crippen LogP contribution in [0.25, 0.3) is 22.0 Å². The number of aromatic nitrogens is 1. The highest BCUT2D eigenvalue weighted by atomic mass is 19.1. The van der Waals surface area contributed by atoms with Gasteiger partial charge in [0, 0.05) is 17.0 Å². The molecule has 1 unspecified atom stereocenters. The highest BCUT2D eigenvalue weighted by Gasteiger charge is 2.29. The minimum atomic E-state index is -0.182. The quantitative estimate of drug-likeness (QED) is 0.440. The normalized spacial score (nSPS) is 15.7. The maximum Gasteiger partial charge on any atom is 0.123 e. The van der Waals surface area contributed by atoms with Crippen LogP contribution in [0.2, 0.25) is 0 Å². The van der Waals surface area contributed by atoms with Crippen molar-refractivity contribution in [2.24, 2.45) is 0 Å². The molecule has 1 atom stereocenters. The molecule has 3 aromatic rings. The third-order valence-electron chi connectivity index (χ3n) is 6.12. The molecule has 0 radical (unpaired) electrons. The summed E-state index contributed by atoms with van der Waals surface area (Å²) < 4.78 is 13.6. The standard InChI is InChI=1S/C25H28FN/c1-3-8-17(4-2)24-23(18-13-15-20(26)16-14-18)21-11-5-6-12-22(21)27-25(24)19-9-7-10-19/h5-6,11-17,19H,3-4,7-10H2,1-2H3. The number of rotatable bonds is 6. The van der Waals surface area contributed by atoms with E-state index in [-0.39, 0.29) is 5.82 Å². The van der Waals surface area contributed by atoms with Gasteiger partial charge >= 0.3 is 0 Å². The van der Waals surface area contributed by atoms with Crippen molar-refractivity contribution in [3.63, 3.8) is 0 Å². The second kappa shape index (κ2) is 7.80. The second-order valence-corrected chi connectivity index (χ2v) is 7.83. The summed E-state index contributed by atoms with van der Waals surface area (Å²) in [6.07, 6.45) is 7.23. The van der Waals surface area contributed by atoms with Crippen LogP contribution in [0.15, 0.2) is 48.5 Å². The molecule has 1 heterocycles. The Bertz CT molecular complexity index is 925. The van der Waals surface area contributed by atoms with E-state index in [1.54, 1.807) is 12.1 Å². The SMILES string of the molecule is CCCC(CC)c1c(C2CCC2)nc2ccccc2c1-c1ccc(F)cc1. The number of halogens is 1. The first-order valence-corrected chi connectivity index (χ1v) is 10.4. The Morgan fingerprint density at radius 1 is 1.04 bits per heavy atom. The van der Waals surface area contributed by atoms with Crippen LogP contribution in [0.4, 0.5) is 4.39 Å². The Balaban J connectivity index is 2.05. The molecule has 1 aliphatic rings. The topological polar surface area (TPSA) is 12.9 Å². The van der Waals surface area contributed by atoms with Crippen molar-refractivity contribution in [1.29, 1.82) is 0 Å². The summed E-state index contributed by atoms with van der Waals surface area (Å²) >= 11 is 0. The fourth-order valence-electron chi connectivity index (χ4n) is 4.48. The molecule has 0 amide bonds. The Morgan fingerprint density at radius 3 is 2.41 bits per heavy atom. The predicted octanol–water partition coefficient (Wildman–Crippen LogP) is 7.60. The van der Waals surface area contributed by atoms with Crippen LogP contribution in [0.3, 0.4) is 0 Å². The second-order valence-electron chi connectivity index (χ2n) is 7.83. The van der Waals surface area contributed by atoms with Gasteiger partial charge in [0.1, 0.15) is 5.82 Å². The first kappa shape index (κ1) is 18.2. The van der Waals surface area contributed by atoms with E-state index in [0.29, 0.717) is 11.8 Å². The molecule has 0 saturated heterocycles. The minimum Gasteiger partial charge on any atom is -0.252 e. The molecule has 1 aliphatic carbocycles. The van der Waals surface area contributed by atoms with Gasteiger partial charge in [-0.15, -0.1) is 0 Å². The van der Waals surface area contributed by atoms with E-state index < -0.39 is 0 Å². The first-order valence-electron chi connectivity index (χ1n) is 10.4. The van der Waals surface area contributed by atoms with Gasteiger partial charge in [0.05, 0.1) is 5.52 Å². The zero-order valence-electron chi connectivity index (χ0n) is 16.3. The Hall–Kier alpha value is -2.22. The average Bonchev–Trinajstić information content (AvgIpc) is 2.65. The molecule has 4 rings (SSSR count). The maximum atomic E-state index is 13.6. The third kappa shape index (κ3) is 3.38. The summed E-state index contributed by atoms with van der Waals surface area (Å²) in [6, 6.07) is 15.5. The molecular weight excluding hydrogens is 333 g/mol. The third-order valence-corrected chi connectivity index (χ3v) is 6.12. The van der Waals surface area contributed by atoms with Crippen LogP contribution < -0.4 is 0 Å². The molecule has 0 bridgehead atoms. The monoisotopic (exact) mass is 361 g/mol. The van der Waals surface area contributed by atoms with Gasteiger partial charge in [-0.25, -0.2) is 4.39 Å². The molecule has 2 heteroatoms. The molecule has 1 nitrogen and oxygen atoms in total. The summed E-state index contributed by atoms with van der Waals surface area (Å²) in [6.45, 7) is 4.55. The van der Waals surface area contributed by atoms with Crippen molar-refractivity contribution in [2.45, 2.75) is 64.2 Å². The summed E-state index contributed by atoms with van der Waals surface area (Å²) in [5.41, 5.74) is 6.19. The predicted molar refractivity (Wildman–Crippen MR) is 112 cm³/mol. The van der Waals surface area contributed by atoms with Crippen molar-refractivity contribution >= 4 is 10.9 Å². The van der Waals surface area contributed by atoms with Crippen LogP contribution in [0, 0.1) is 5.82 Å². The molecule has 27 heavy (non-hydrogen) atoms. The summed E-state index contributed by atoms with van der Waals surface area (Å²) in [5, 5.41) is 1.19. The Labute approximate surface area is 161 Å².